The second-order valence-electron chi connectivity index (χ2n) is 6.78. The Labute approximate surface area is 157 Å². The number of nitrogens with zero attached hydrogens (tertiary/aromatic N) is 1. The van der Waals surface area contributed by atoms with E-state index in [1.54, 1.807) is 13.0 Å². The zero-order chi connectivity index (χ0) is 19.8. The van der Waals surface area contributed by atoms with Crippen LogP contribution in [-0.2, 0) is 16.2 Å². The minimum atomic E-state index is -4.55. The second kappa shape index (κ2) is 7.07. The molecule has 2 aromatic carbocycles. The maximum atomic E-state index is 13.1. The number of rotatable bonds is 4. The highest BCUT2D eigenvalue weighted by Gasteiger charge is 2.32. The lowest BCUT2D eigenvalue weighted by Crippen LogP contribution is -2.22. The summed E-state index contributed by atoms with van der Waals surface area (Å²) < 4.78 is 67.4. The number of sulfonamides is 1. The highest BCUT2D eigenvalue weighted by Crippen LogP contribution is 2.37. The van der Waals surface area contributed by atoms with Crippen molar-refractivity contribution in [2.45, 2.75) is 37.8 Å². The number of benzene rings is 2. The number of anilines is 2. The normalized spacial score (nSPS) is 15.2. The smallest absolute Gasteiger partial charge is 0.370 e. The molecule has 0 radical (unpaired) electrons. The summed E-state index contributed by atoms with van der Waals surface area (Å²) in [6.07, 6.45) is -2.71. The van der Waals surface area contributed by atoms with Crippen molar-refractivity contribution in [2.24, 2.45) is 0 Å². The summed E-state index contributed by atoms with van der Waals surface area (Å²) in [6, 6.07) is 7.84. The molecule has 0 aromatic heterocycles. The van der Waals surface area contributed by atoms with Crippen LogP contribution in [0, 0.1) is 13.8 Å². The number of nitrogens with one attached hydrogen (secondary N) is 1. The van der Waals surface area contributed by atoms with Crippen LogP contribution in [0.4, 0.5) is 24.5 Å². The first-order valence-electron chi connectivity index (χ1n) is 8.64. The summed E-state index contributed by atoms with van der Waals surface area (Å²) in [7, 11) is -4.01. The summed E-state index contributed by atoms with van der Waals surface area (Å²) in [5.41, 5.74) is 1.26. The van der Waals surface area contributed by atoms with Gasteiger partial charge >= 0.3 is 6.18 Å². The van der Waals surface area contributed by atoms with Gasteiger partial charge in [-0.25, -0.2) is 8.42 Å². The Bertz CT molecular complexity index is 950. The van der Waals surface area contributed by atoms with Gasteiger partial charge in [0, 0.05) is 13.1 Å². The van der Waals surface area contributed by atoms with E-state index in [0.29, 0.717) is 18.8 Å². The SMILES string of the molecule is Cc1ccc(S(=O)(=O)Nc2cc(C(F)(F)F)ccc2N2CCCC2)cc1C. The molecule has 1 saturated heterocycles. The van der Waals surface area contributed by atoms with E-state index in [1.165, 1.54) is 18.2 Å². The van der Waals surface area contributed by atoms with Crippen LogP contribution >= 0.6 is 0 Å². The van der Waals surface area contributed by atoms with Crippen LogP contribution in [0.1, 0.15) is 29.5 Å². The predicted molar refractivity (Wildman–Crippen MR) is 99.6 cm³/mol. The molecule has 27 heavy (non-hydrogen) atoms. The minimum absolute atomic E-state index is 0.0235. The lowest BCUT2D eigenvalue weighted by atomic mass is 10.1. The van der Waals surface area contributed by atoms with E-state index in [-0.39, 0.29) is 10.6 Å². The van der Waals surface area contributed by atoms with Gasteiger partial charge in [0.25, 0.3) is 10.0 Å². The van der Waals surface area contributed by atoms with E-state index < -0.39 is 21.8 Å². The molecule has 1 aliphatic heterocycles. The Morgan fingerprint density at radius 1 is 0.963 bits per heavy atom. The van der Waals surface area contributed by atoms with Gasteiger partial charge in [-0.1, -0.05) is 6.07 Å². The van der Waals surface area contributed by atoms with Crippen LogP contribution in [0.25, 0.3) is 0 Å². The summed E-state index contributed by atoms with van der Waals surface area (Å²) in [5.74, 6) is 0. The van der Waals surface area contributed by atoms with Gasteiger partial charge in [-0.05, 0) is 68.1 Å². The molecule has 0 atom stereocenters. The zero-order valence-corrected chi connectivity index (χ0v) is 15.9. The van der Waals surface area contributed by atoms with E-state index >= 15 is 0 Å². The molecule has 0 spiro atoms. The molecule has 0 bridgehead atoms. The molecule has 0 aliphatic carbocycles. The number of aryl methyl sites for hydroxylation is 2. The molecule has 1 fully saturated rings. The van der Waals surface area contributed by atoms with Gasteiger partial charge in [0.15, 0.2) is 0 Å². The Balaban J connectivity index is 2.03. The topological polar surface area (TPSA) is 49.4 Å². The molecule has 0 amide bonds. The Morgan fingerprint density at radius 2 is 1.63 bits per heavy atom. The van der Waals surface area contributed by atoms with Crippen LogP contribution in [0.3, 0.4) is 0 Å². The van der Waals surface area contributed by atoms with Crippen molar-refractivity contribution in [1.82, 2.24) is 0 Å². The van der Waals surface area contributed by atoms with Crippen molar-refractivity contribution in [2.75, 3.05) is 22.7 Å². The molecule has 1 heterocycles. The van der Waals surface area contributed by atoms with Crippen molar-refractivity contribution >= 4 is 21.4 Å². The number of alkyl halides is 3. The maximum Gasteiger partial charge on any atom is 0.416 e. The maximum absolute atomic E-state index is 13.1. The first-order valence-corrected chi connectivity index (χ1v) is 10.1. The number of hydrogen-bond donors (Lipinski definition) is 1. The molecule has 2 aromatic rings. The van der Waals surface area contributed by atoms with E-state index in [4.69, 9.17) is 0 Å². The Morgan fingerprint density at radius 3 is 2.22 bits per heavy atom. The average Bonchev–Trinajstić information content (AvgIpc) is 3.10. The summed E-state index contributed by atoms with van der Waals surface area (Å²) in [5, 5.41) is 0. The Kier molecular flexibility index (Phi) is 5.12. The highest BCUT2D eigenvalue weighted by molar-refractivity contribution is 7.92. The fourth-order valence-corrected chi connectivity index (χ4v) is 4.26. The highest BCUT2D eigenvalue weighted by atomic mass is 32.2. The van der Waals surface area contributed by atoms with Gasteiger partial charge in [0.05, 0.1) is 21.8 Å². The first kappa shape index (κ1) is 19.5. The van der Waals surface area contributed by atoms with Crippen LogP contribution in [0.15, 0.2) is 41.3 Å². The fraction of sp³-hybridized carbons (Fsp3) is 0.368. The van der Waals surface area contributed by atoms with Crippen LogP contribution in [0.2, 0.25) is 0 Å². The molecule has 1 aliphatic rings. The summed E-state index contributed by atoms with van der Waals surface area (Å²) >= 11 is 0. The van der Waals surface area contributed by atoms with Crippen molar-refractivity contribution in [3.05, 3.63) is 53.1 Å². The molecule has 0 saturated carbocycles. The van der Waals surface area contributed by atoms with E-state index in [9.17, 15) is 21.6 Å². The van der Waals surface area contributed by atoms with Crippen LogP contribution < -0.4 is 9.62 Å². The van der Waals surface area contributed by atoms with E-state index in [1.807, 2.05) is 11.8 Å². The van der Waals surface area contributed by atoms with Crippen LogP contribution in [-0.4, -0.2) is 21.5 Å². The molecule has 0 unspecified atom stereocenters. The standard InChI is InChI=1S/C19H21F3N2O2S/c1-13-5-7-16(11-14(13)2)27(25,26)23-17-12-15(19(20,21)22)6-8-18(17)24-9-3-4-10-24/h5-8,11-12,23H,3-4,9-10H2,1-2H3. The monoisotopic (exact) mass is 398 g/mol. The molecule has 1 N–H and O–H groups in total. The third-order valence-corrected chi connectivity index (χ3v) is 6.17. The minimum Gasteiger partial charge on any atom is -0.370 e. The van der Waals surface area contributed by atoms with E-state index in [2.05, 4.69) is 4.72 Å². The van der Waals surface area contributed by atoms with Gasteiger partial charge in [0.1, 0.15) is 0 Å². The third kappa shape index (κ3) is 4.21. The predicted octanol–water partition coefficient (Wildman–Crippen LogP) is 4.72. The first-order chi connectivity index (χ1) is 12.6. The van der Waals surface area contributed by atoms with Crippen molar-refractivity contribution in [3.8, 4) is 0 Å². The molecule has 4 nitrogen and oxygen atoms in total. The van der Waals surface area contributed by atoms with Crippen LogP contribution in [0.5, 0.6) is 0 Å². The van der Waals surface area contributed by atoms with Gasteiger partial charge in [-0.3, -0.25) is 4.72 Å². The molecule has 8 heteroatoms. The van der Waals surface area contributed by atoms with Crippen molar-refractivity contribution in [3.63, 3.8) is 0 Å². The third-order valence-electron chi connectivity index (χ3n) is 4.80. The quantitative estimate of drug-likeness (QED) is 0.811. The molecular formula is C19H21F3N2O2S. The molecular weight excluding hydrogens is 377 g/mol. The molecule has 3 rings (SSSR count). The van der Waals surface area contributed by atoms with Gasteiger partial charge in [0.2, 0.25) is 0 Å². The average molecular weight is 398 g/mol. The number of hydrogen-bond acceptors (Lipinski definition) is 3. The summed E-state index contributed by atoms with van der Waals surface area (Å²) in [6.45, 7) is 5.01. The fourth-order valence-electron chi connectivity index (χ4n) is 3.11. The van der Waals surface area contributed by atoms with Gasteiger partial charge in [-0.2, -0.15) is 13.2 Å². The number of halogens is 3. The van der Waals surface area contributed by atoms with Crippen molar-refractivity contribution in [1.29, 1.82) is 0 Å². The van der Waals surface area contributed by atoms with Crippen molar-refractivity contribution < 1.29 is 21.6 Å². The second-order valence-corrected chi connectivity index (χ2v) is 8.46. The zero-order valence-electron chi connectivity index (χ0n) is 15.1. The lowest BCUT2D eigenvalue weighted by molar-refractivity contribution is -0.137. The lowest BCUT2D eigenvalue weighted by Gasteiger charge is -2.23. The van der Waals surface area contributed by atoms with Gasteiger partial charge < -0.3 is 4.90 Å². The van der Waals surface area contributed by atoms with E-state index in [0.717, 1.165) is 36.1 Å². The largest absolute Gasteiger partial charge is 0.416 e. The van der Waals surface area contributed by atoms with Gasteiger partial charge in [-0.15, -0.1) is 0 Å². The molecule has 146 valence electrons. The Hall–Kier alpha value is -2.22. The summed E-state index contributed by atoms with van der Waals surface area (Å²) in [4.78, 5) is 1.92.